The fraction of sp³-hybridized carbons (Fsp3) is 0.462. The zero-order valence-corrected chi connectivity index (χ0v) is 12.1. The van der Waals surface area contributed by atoms with E-state index in [1.54, 1.807) is 0 Å². The molecule has 6 heteroatoms. The number of nitrogens with one attached hydrogen (secondary N) is 2. The molecule has 1 amide bonds. The average molecular weight is 329 g/mol. The van der Waals surface area contributed by atoms with E-state index in [4.69, 9.17) is 9.47 Å². The summed E-state index contributed by atoms with van der Waals surface area (Å²) in [7, 11) is 0. The van der Waals surface area contributed by atoms with Crippen molar-refractivity contribution in [3.05, 3.63) is 28.7 Å². The summed E-state index contributed by atoms with van der Waals surface area (Å²) in [6.07, 6.45) is 0.0324. The van der Waals surface area contributed by atoms with Gasteiger partial charge in [-0.2, -0.15) is 0 Å². The highest BCUT2D eigenvalue weighted by molar-refractivity contribution is 9.10. The van der Waals surface area contributed by atoms with Gasteiger partial charge in [0.05, 0.1) is 25.0 Å². The van der Waals surface area contributed by atoms with Crippen molar-refractivity contribution in [2.75, 3.05) is 38.2 Å². The van der Waals surface area contributed by atoms with E-state index in [2.05, 4.69) is 26.6 Å². The summed E-state index contributed by atoms with van der Waals surface area (Å²) in [6.45, 7) is 2.79. The summed E-state index contributed by atoms with van der Waals surface area (Å²) in [5, 5.41) is 5.99. The van der Waals surface area contributed by atoms with Gasteiger partial charge in [0.25, 0.3) is 0 Å². The third-order valence-corrected chi connectivity index (χ3v) is 3.38. The van der Waals surface area contributed by atoms with Crippen LogP contribution in [0.25, 0.3) is 0 Å². The maximum absolute atomic E-state index is 11.7. The van der Waals surface area contributed by atoms with Gasteiger partial charge in [-0.3, -0.25) is 4.79 Å². The molecule has 1 atom stereocenters. The lowest BCUT2D eigenvalue weighted by Crippen LogP contribution is -2.41. The molecular weight excluding hydrogens is 312 g/mol. The van der Waals surface area contributed by atoms with Crippen LogP contribution in [0.1, 0.15) is 0 Å². The molecule has 1 saturated heterocycles. The Kier molecular flexibility index (Phi) is 5.78. The van der Waals surface area contributed by atoms with Crippen LogP contribution < -0.4 is 10.6 Å². The molecule has 0 aromatic heterocycles. The minimum Gasteiger partial charge on any atom is -0.373 e. The molecule has 0 saturated carbocycles. The average Bonchev–Trinajstić information content (AvgIpc) is 2.43. The Hall–Kier alpha value is -0.950. The molecule has 1 aliphatic rings. The summed E-state index contributed by atoms with van der Waals surface area (Å²) in [5.74, 6) is -0.171. The Labute approximate surface area is 120 Å². The predicted octanol–water partition coefficient (Wildman–Crippen LogP) is 1.39. The molecule has 2 rings (SSSR count). The molecule has 1 aromatic rings. The maximum atomic E-state index is 11.7. The summed E-state index contributed by atoms with van der Waals surface area (Å²) in [6, 6.07) is 7.46. The number of carbonyl (C=O) groups is 1. The molecular formula is C13H17BrN2O3. The topological polar surface area (TPSA) is 59.6 Å². The summed E-state index contributed by atoms with van der Waals surface area (Å²) < 4.78 is 11.7. The van der Waals surface area contributed by atoms with E-state index in [0.29, 0.717) is 13.2 Å². The van der Waals surface area contributed by atoms with E-state index in [1.807, 2.05) is 24.3 Å². The molecule has 2 N–H and O–H groups in total. The second kappa shape index (κ2) is 7.59. The van der Waals surface area contributed by atoms with Gasteiger partial charge in [-0.1, -0.05) is 12.1 Å². The SMILES string of the molecule is O=C(COCC1CNCCO1)Nc1ccccc1Br. The lowest BCUT2D eigenvalue weighted by Gasteiger charge is -2.23. The standard InChI is InChI=1S/C13H17BrN2O3/c14-11-3-1-2-4-12(11)16-13(17)9-18-8-10-7-15-5-6-19-10/h1-4,10,15H,5-9H2,(H,16,17). The second-order valence-electron chi connectivity index (χ2n) is 4.24. The van der Waals surface area contributed by atoms with Crippen molar-refractivity contribution < 1.29 is 14.3 Å². The fourth-order valence-electron chi connectivity index (χ4n) is 1.76. The van der Waals surface area contributed by atoms with Gasteiger partial charge < -0.3 is 20.1 Å². The summed E-state index contributed by atoms with van der Waals surface area (Å²) in [5.41, 5.74) is 0.742. The quantitative estimate of drug-likeness (QED) is 0.857. The van der Waals surface area contributed by atoms with Gasteiger partial charge in [-0.15, -0.1) is 0 Å². The van der Waals surface area contributed by atoms with Gasteiger partial charge in [0.1, 0.15) is 6.61 Å². The van der Waals surface area contributed by atoms with Crippen LogP contribution in [0.3, 0.4) is 0 Å². The molecule has 0 aliphatic carbocycles. The Balaban J connectivity index is 1.68. The molecule has 1 fully saturated rings. The highest BCUT2D eigenvalue weighted by Crippen LogP contribution is 2.20. The Bertz CT molecular complexity index is 422. The van der Waals surface area contributed by atoms with Crippen LogP contribution in [0.5, 0.6) is 0 Å². The number of rotatable bonds is 5. The van der Waals surface area contributed by atoms with E-state index in [0.717, 1.165) is 23.2 Å². The second-order valence-corrected chi connectivity index (χ2v) is 5.09. The third kappa shape index (κ3) is 4.91. The smallest absolute Gasteiger partial charge is 0.250 e. The van der Waals surface area contributed by atoms with Gasteiger partial charge >= 0.3 is 0 Å². The number of halogens is 1. The van der Waals surface area contributed by atoms with Crippen LogP contribution in [0.15, 0.2) is 28.7 Å². The van der Waals surface area contributed by atoms with E-state index in [-0.39, 0.29) is 18.6 Å². The molecule has 5 nitrogen and oxygen atoms in total. The lowest BCUT2D eigenvalue weighted by molar-refractivity contribution is -0.122. The molecule has 104 valence electrons. The van der Waals surface area contributed by atoms with Gasteiger partial charge in [0.15, 0.2) is 0 Å². The van der Waals surface area contributed by atoms with Crippen molar-refractivity contribution >= 4 is 27.5 Å². The predicted molar refractivity (Wildman–Crippen MR) is 76.2 cm³/mol. The third-order valence-electron chi connectivity index (χ3n) is 2.69. The molecule has 19 heavy (non-hydrogen) atoms. The Morgan fingerprint density at radius 1 is 1.53 bits per heavy atom. The van der Waals surface area contributed by atoms with Crippen molar-refractivity contribution in [2.45, 2.75) is 6.10 Å². The lowest BCUT2D eigenvalue weighted by atomic mass is 10.3. The van der Waals surface area contributed by atoms with Crippen molar-refractivity contribution in [2.24, 2.45) is 0 Å². The van der Waals surface area contributed by atoms with Gasteiger partial charge in [0.2, 0.25) is 5.91 Å². The van der Waals surface area contributed by atoms with Crippen LogP contribution in [0.4, 0.5) is 5.69 Å². The number of anilines is 1. The minimum absolute atomic E-state index is 0.0290. The monoisotopic (exact) mass is 328 g/mol. The zero-order valence-electron chi connectivity index (χ0n) is 10.5. The Morgan fingerprint density at radius 2 is 2.37 bits per heavy atom. The first-order chi connectivity index (χ1) is 9.25. The normalized spacial score (nSPS) is 19.1. The van der Waals surface area contributed by atoms with Gasteiger partial charge in [-0.25, -0.2) is 0 Å². The first kappa shape index (κ1) is 14.5. The first-order valence-corrected chi connectivity index (χ1v) is 6.99. The van der Waals surface area contributed by atoms with Crippen LogP contribution >= 0.6 is 15.9 Å². The van der Waals surface area contributed by atoms with Gasteiger partial charge in [0, 0.05) is 17.6 Å². The van der Waals surface area contributed by atoms with E-state index >= 15 is 0 Å². The van der Waals surface area contributed by atoms with E-state index in [1.165, 1.54) is 0 Å². The highest BCUT2D eigenvalue weighted by atomic mass is 79.9. The summed E-state index contributed by atoms with van der Waals surface area (Å²) in [4.78, 5) is 11.7. The molecule has 1 aliphatic heterocycles. The van der Waals surface area contributed by atoms with Crippen LogP contribution in [-0.4, -0.2) is 44.9 Å². The molecule has 1 heterocycles. The Morgan fingerprint density at radius 3 is 3.11 bits per heavy atom. The molecule has 0 spiro atoms. The van der Waals surface area contributed by atoms with Crippen molar-refractivity contribution in [1.82, 2.24) is 5.32 Å². The number of benzene rings is 1. The fourth-order valence-corrected chi connectivity index (χ4v) is 2.14. The minimum atomic E-state index is -0.171. The number of para-hydroxylation sites is 1. The van der Waals surface area contributed by atoms with Crippen LogP contribution in [-0.2, 0) is 14.3 Å². The molecule has 0 bridgehead atoms. The number of hydrogen-bond donors (Lipinski definition) is 2. The van der Waals surface area contributed by atoms with Crippen molar-refractivity contribution in [1.29, 1.82) is 0 Å². The zero-order chi connectivity index (χ0) is 13.5. The van der Waals surface area contributed by atoms with Gasteiger partial charge in [-0.05, 0) is 28.1 Å². The number of morpholine rings is 1. The molecule has 0 radical (unpaired) electrons. The van der Waals surface area contributed by atoms with Crippen molar-refractivity contribution in [3.63, 3.8) is 0 Å². The van der Waals surface area contributed by atoms with Crippen LogP contribution in [0, 0.1) is 0 Å². The van der Waals surface area contributed by atoms with E-state index in [9.17, 15) is 4.79 Å². The largest absolute Gasteiger partial charge is 0.373 e. The van der Waals surface area contributed by atoms with Crippen molar-refractivity contribution in [3.8, 4) is 0 Å². The number of carbonyl (C=O) groups excluding carboxylic acids is 1. The molecule has 1 aromatic carbocycles. The molecule has 1 unspecified atom stereocenters. The van der Waals surface area contributed by atoms with E-state index < -0.39 is 0 Å². The number of ether oxygens (including phenoxy) is 2. The van der Waals surface area contributed by atoms with Crippen LogP contribution in [0.2, 0.25) is 0 Å². The number of hydrogen-bond acceptors (Lipinski definition) is 4. The highest BCUT2D eigenvalue weighted by Gasteiger charge is 2.14. The first-order valence-electron chi connectivity index (χ1n) is 6.20. The maximum Gasteiger partial charge on any atom is 0.250 e. The number of amides is 1. The summed E-state index contributed by atoms with van der Waals surface area (Å²) >= 11 is 3.37.